The monoisotopic (exact) mass is 239 g/mol. The van der Waals surface area contributed by atoms with Crippen molar-refractivity contribution in [2.45, 2.75) is 38.6 Å². The molecule has 0 saturated heterocycles. The van der Waals surface area contributed by atoms with Crippen LogP contribution in [0.2, 0.25) is 0 Å². The standard InChI is InChI=1S/C14H19F2N/c1-9(2)17-8-10-6-7-11(10)12-4-3-5-13(15)14(12)16/h3-5,9-11,17H,6-8H2,1-2H3. The summed E-state index contributed by atoms with van der Waals surface area (Å²) < 4.78 is 26.8. The average molecular weight is 239 g/mol. The third kappa shape index (κ3) is 2.65. The van der Waals surface area contributed by atoms with Gasteiger partial charge in [-0.05, 0) is 42.9 Å². The van der Waals surface area contributed by atoms with E-state index in [0.29, 0.717) is 17.5 Å². The van der Waals surface area contributed by atoms with E-state index in [1.54, 1.807) is 12.1 Å². The highest BCUT2D eigenvalue weighted by Crippen LogP contribution is 2.43. The van der Waals surface area contributed by atoms with Gasteiger partial charge in [0, 0.05) is 6.04 Å². The maximum absolute atomic E-state index is 13.6. The van der Waals surface area contributed by atoms with Gasteiger partial charge >= 0.3 is 0 Å². The number of hydrogen-bond acceptors (Lipinski definition) is 1. The van der Waals surface area contributed by atoms with Crippen molar-refractivity contribution in [3.8, 4) is 0 Å². The lowest BCUT2D eigenvalue weighted by Gasteiger charge is -2.38. The molecule has 0 amide bonds. The molecule has 2 atom stereocenters. The third-order valence-electron chi connectivity index (χ3n) is 3.59. The van der Waals surface area contributed by atoms with Crippen molar-refractivity contribution in [1.29, 1.82) is 0 Å². The van der Waals surface area contributed by atoms with Crippen molar-refractivity contribution in [2.24, 2.45) is 5.92 Å². The number of halogens is 2. The van der Waals surface area contributed by atoms with Gasteiger partial charge in [-0.2, -0.15) is 0 Å². The topological polar surface area (TPSA) is 12.0 Å². The first kappa shape index (κ1) is 12.5. The summed E-state index contributed by atoms with van der Waals surface area (Å²) in [6.45, 7) is 5.07. The van der Waals surface area contributed by atoms with Crippen LogP contribution in [0.1, 0.15) is 38.2 Å². The Bertz CT molecular complexity index is 390. The summed E-state index contributed by atoms with van der Waals surface area (Å²) in [6.07, 6.45) is 2.06. The van der Waals surface area contributed by atoms with Gasteiger partial charge in [-0.3, -0.25) is 0 Å². The fraction of sp³-hybridized carbons (Fsp3) is 0.571. The van der Waals surface area contributed by atoms with E-state index < -0.39 is 11.6 Å². The highest BCUT2D eigenvalue weighted by Gasteiger charge is 2.34. The molecule has 94 valence electrons. The van der Waals surface area contributed by atoms with Crippen molar-refractivity contribution in [1.82, 2.24) is 5.32 Å². The maximum Gasteiger partial charge on any atom is 0.162 e. The smallest absolute Gasteiger partial charge is 0.162 e. The van der Waals surface area contributed by atoms with Crippen LogP contribution in [0.25, 0.3) is 0 Å². The zero-order valence-electron chi connectivity index (χ0n) is 10.3. The first-order valence-electron chi connectivity index (χ1n) is 6.27. The lowest BCUT2D eigenvalue weighted by atomic mass is 9.69. The first-order chi connectivity index (χ1) is 8.09. The van der Waals surface area contributed by atoms with Gasteiger partial charge in [0.2, 0.25) is 0 Å². The Morgan fingerprint density at radius 2 is 2.06 bits per heavy atom. The maximum atomic E-state index is 13.6. The first-order valence-corrected chi connectivity index (χ1v) is 6.27. The molecule has 2 unspecified atom stereocenters. The molecule has 0 aliphatic heterocycles. The van der Waals surface area contributed by atoms with Gasteiger partial charge in [0.25, 0.3) is 0 Å². The van der Waals surface area contributed by atoms with Crippen molar-refractivity contribution in [3.05, 3.63) is 35.4 Å². The molecule has 1 aromatic carbocycles. The Labute approximate surface area is 101 Å². The highest BCUT2D eigenvalue weighted by molar-refractivity contribution is 5.25. The molecule has 0 spiro atoms. The van der Waals surface area contributed by atoms with Crippen LogP contribution < -0.4 is 5.32 Å². The molecule has 1 nitrogen and oxygen atoms in total. The molecule has 1 fully saturated rings. The summed E-state index contributed by atoms with van der Waals surface area (Å²) >= 11 is 0. The normalized spacial score (nSPS) is 23.8. The summed E-state index contributed by atoms with van der Waals surface area (Å²) in [4.78, 5) is 0. The molecule has 1 aliphatic carbocycles. The Balaban J connectivity index is 2.05. The van der Waals surface area contributed by atoms with Crippen LogP contribution in [0.4, 0.5) is 8.78 Å². The number of hydrogen-bond donors (Lipinski definition) is 1. The Morgan fingerprint density at radius 3 is 2.65 bits per heavy atom. The molecule has 0 aromatic heterocycles. The summed E-state index contributed by atoms with van der Waals surface area (Å²) in [7, 11) is 0. The molecule has 0 bridgehead atoms. The Morgan fingerprint density at radius 1 is 1.29 bits per heavy atom. The van der Waals surface area contributed by atoms with E-state index in [1.807, 2.05) is 0 Å². The largest absolute Gasteiger partial charge is 0.314 e. The average Bonchev–Trinajstić information content (AvgIpc) is 2.23. The van der Waals surface area contributed by atoms with Crippen LogP contribution in [0, 0.1) is 17.6 Å². The van der Waals surface area contributed by atoms with Gasteiger partial charge in [0.05, 0.1) is 0 Å². The molecule has 1 N–H and O–H groups in total. The van der Waals surface area contributed by atoms with Gasteiger partial charge in [-0.25, -0.2) is 8.78 Å². The second-order valence-corrected chi connectivity index (χ2v) is 5.15. The fourth-order valence-corrected chi connectivity index (χ4v) is 2.42. The fourth-order valence-electron chi connectivity index (χ4n) is 2.42. The van der Waals surface area contributed by atoms with E-state index in [9.17, 15) is 8.78 Å². The summed E-state index contributed by atoms with van der Waals surface area (Å²) in [6, 6.07) is 4.93. The Kier molecular flexibility index (Phi) is 3.77. The number of benzene rings is 1. The third-order valence-corrected chi connectivity index (χ3v) is 3.59. The lowest BCUT2D eigenvalue weighted by molar-refractivity contribution is 0.234. The molecule has 3 heteroatoms. The van der Waals surface area contributed by atoms with Gasteiger partial charge in [-0.15, -0.1) is 0 Å². The molecule has 17 heavy (non-hydrogen) atoms. The molecule has 1 saturated carbocycles. The van der Waals surface area contributed by atoms with E-state index >= 15 is 0 Å². The van der Waals surface area contributed by atoms with E-state index in [-0.39, 0.29) is 5.92 Å². The second kappa shape index (κ2) is 5.13. The Hall–Kier alpha value is -0.960. The quantitative estimate of drug-likeness (QED) is 0.848. The van der Waals surface area contributed by atoms with Gasteiger partial charge in [0.1, 0.15) is 0 Å². The minimum atomic E-state index is -0.732. The molecule has 1 aromatic rings. The van der Waals surface area contributed by atoms with E-state index in [2.05, 4.69) is 19.2 Å². The van der Waals surface area contributed by atoms with Crippen LogP contribution in [-0.2, 0) is 0 Å². The van der Waals surface area contributed by atoms with Gasteiger partial charge < -0.3 is 5.32 Å². The van der Waals surface area contributed by atoms with Crippen molar-refractivity contribution < 1.29 is 8.78 Å². The summed E-state index contributed by atoms with van der Waals surface area (Å²) in [5, 5.41) is 3.37. The van der Waals surface area contributed by atoms with Crippen LogP contribution in [-0.4, -0.2) is 12.6 Å². The zero-order valence-corrected chi connectivity index (χ0v) is 10.3. The predicted molar refractivity (Wildman–Crippen MR) is 65.0 cm³/mol. The van der Waals surface area contributed by atoms with Gasteiger partial charge in [-0.1, -0.05) is 26.0 Å². The predicted octanol–water partition coefficient (Wildman–Crippen LogP) is 3.46. The highest BCUT2D eigenvalue weighted by atomic mass is 19.2. The molecular formula is C14H19F2N. The summed E-state index contributed by atoms with van der Waals surface area (Å²) in [5.41, 5.74) is 0.548. The molecule has 0 radical (unpaired) electrons. The van der Waals surface area contributed by atoms with Crippen molar-refractivity contribution >= 4 is 0 Å². The molecular weight excluding hydrogens is 220 g/mol. The SMILES string of the molecule is CC(C)NCC1CCC1c1cccc(F)c1F. The molecule has 2 rings (SSSR count). The van der Waals surface area contributed by atoms with E-state index in [0.717, 1.165) is 19.4 Å². The van der Waals surface area contributed by atoms with E-state index in [4.69, 9.17) is 0 Å². The van der Waals surface area contributed by atoms with Crippen LogP contribution in [0.3, 0.4) is 0 Å². The molecule has 0 heterocycles. The number of nitrogens with one attached hydrogen (secondary N) is 1. The van der Waals surface area contributed by atoms with E-state index in [1.165, 1.54) is 6.07 Å². The van der Waals surface area contributed by atoms with Gasteiger partial charge in [0.15, 0.2) is 11.6 Å². The van der Waals surface area contributed by atoms with Crippen LogP contribution >= 0.6 is 0 Å². The zero-order chi connectivity index (χ0) is 12.4. The van der Waals surface area contributed by atoms with Crippen LogP contribution in [0.5, 0.6) is 0 Å². The van der Waals surface area contributed by atoms with Crippen molar-refractivity contribution in [2.75, 3.05) is 6.54 Å². The lowest BCUT2D eigenvalue weighted by Crippen LogP contribution is -2.37. The minimum absolute atomic E-state index is 0.178. The van der Waals surface area contributed by atoms with Crippen molar-refractivity contribution in [3.63, 3.8) is 0 Å². The minimum Gasteiger partial charge on any atom is -0.314 e. The molecule has 1 aliphatic rings. The number of rotatable bonds is 4. The van der Waals surface area contributed by atoms with Crippen LogP contribution in [0.15, 0.2) is 18.2 Å². The summed E-state index contributed by atoms with van der Waals surface area (Å²) in [5.74, 6) is -0.776. The second-order valence-electron chi connectivity index (χ2n) is 5.15.